The third kappa shape index (κ3) is 3.78. The number of phenolic OH excluding ortho intramolecular Hbond substituents is 1. The molecule has 5 heteroatoms. The van der Waals surface area contributed by atoms with Gasteiger partial charge in [-0.1, -0.05) is 11.6 Å². The zero-order chi connectivity index (χ0) is 16.3. The van der Waals surface area contributed by atoms with Gasteiger partial charge in [-0.05, 0) is 45.7 Å². The van der Waals surface area contributed by atoms with E-state index in [1.165, 1.54) is 0 Å². The fourth-order valence-electron chi connectivity index (χ4n) is 2.74. The molecule has 120 valence electrons. The molecule has 0 atom stereocenters. The van der Waals surface area contributed by atoms with Crippen LogP contribution in [-0.2, 0) is 4.79 Å². The highest BCUT2D eigenvalue weighted by Gasteiger charge is 2.28. The summed E-state index contributed by atoms with van der Waals surface area (Å²) in [5.74, 6) is -0.114. The van der Waals surface area contributed by atoms with E-state index in [0.29, 0.717) is 31.5 Å². The number of aromatic hydroxyl groups is 1. The van der Waals surface area contributed by atoms with Crippen molar-refractivity contribution in [2.75, 3.05) is 13.1 Å². The molecule has 1 aromatic carbocycles. The van der Waals surface area contributed by atoms with Crippen molar-refractivity contribution in [1.29, 1.82) is 0 Å². The van der Waals surface area contributed by atoms with E-state index in [4.69, 9.17) is 0 Å². The van der Waals surface area contributed by atoms with Crippen molar-refractivity contribution in [3.8, 4) is 5.75 Å². The van der Waals surface area contributed by atoms with Gasteiger partial charge in [0, 0.05) is 25.0 Å². The van der Waals surface area contributed by atoms with Gasteiger partial charge in [-0.25, -0.2) is 0 Å². The fraction of sp³-hybridized carbons (Fsp3) is 0.529. The van der Waals surface area contributed by atoms with E-state index >= 15 is 0 Å². The van der Waals surface area contributed by atoms with Crippen LogP contribution >= 0.6 is 0 Å². The Hall–Kier alpha value is -2.04. The number of carbonyl (C=O) groups is 2. The lowest BCUT2D eigenvalue weighted by Crippen LogP contribution is -2.44. The van der Waals surface area contributed by atoms with Crippen molar-refractivity contribution in [3.63, 3.8) is 0 Å². The number of nitrogens with one attached hydrogen (secondary N) is 1. The quantitative estimate of drug-likeness (QED) is 0.898. The number of phenols is 1. The maximum Gasteiger partial charge on any atom is 0.257 e. The van der Waals surface area contributed by atoms with Crippen LogP contribution in [0.1, 0.15) is 42.6 Å². The molecular formula is C17H24N2O3. The molecule has 0 unspecified atom stereocenters. The zero-order valence-corrected chi connectivity index (χ0v) is 13.4. The summed E-state index contributed by atoms with van der Waals surface area (Å²) in [5.41, 5.74) is 1.28. The number of carbonyl (C=O) groups excluding carboxylic acids is 2. The molecule has 22 heavy (non-hydrogen) atoms. The third-order valence-electron chi connectivity index (χ3n) is 3.97. The predicted molar refractivity (Wildman–Crippen MR) is 84.8 cm³/mol. The van der Waals surface area contributed by atoms with Gasteiger partial charge in [0.25, 0.3) is 5.91 Å². The molecule has 1 aliphatic rings. The van der Waals surface area contributed by atoms with Gasteiger partial charge in [-0.2, -0.15) is 0 Å². The second-order valence-corrected chi connectivity index (χ2v) is 6.25. The van der Waals surface area contributed by atoms with Crippen LogP contribution in [0.4, 0.5) is 0 Å². The summed E-state index contributed by atoms with van der Waals surface area (Å²) in [6, 6.07) is 5.16. The second kappa shape index (κ2) is 6.81. The van der Waals surface area contributed by atoms with Gasteiger partial charge in [0.1, 0.15) is 5.75 Å². The summed E-state index contributed by atoms with van der Waals surface area (Å²) in [6.07, 6.45) is 1.33. The molecule has 0 saturated carbocycles. The molecule has 0 aliphatic carbocycles. The van der Waals surface area contributed by atoms with Crippen molar-refractivity contribution in [2.45, 2.75) is 39.7 Å². The number of nitrogens with zero attached hydrogens (tertiary/aromatic N) is 1. The minimum absolute atomic E-state index is 0.00951. The maximum atomic E-state index is 12.5. The van der Waals surface area contributed by atoms with E-state index in [9.17, 15) is 14.7 Å². The highest BCUT2D eigenvalue weighted by molar-refractivity contribution is 5.97. The normalized spacial score (nSPS) is 15.9. The average Bonchev–Trinajstić information content (AvgIpc) is 2.48. The number of hydrogen-bond acceptors (Lipinski definition) is 3. The highest BCUT2D eigenvalue weighted by atomic mass is 16.3. The number of rotatable bonds is 3. The van der Waals surface area contributed by atoms with E-state index in [1.54, 1.807) is 23.1 Å². The predicted octanol–water partition coefficient (Wildman–Crippen LogP) is 2.08. The summed E-state index contributed by atoms with van der Waals surface area (Å²) >= 11 is 0. The Bertz CT molecular complexity index is 561. The van der Waals surface area contributed by atoms with Gasteiger partial charge in [0.15, 0.2) is 0 Å². The average molecular weight is 304 g/mol. The van der Waals surface area contributed by atoms with E-state index in [2.05, 4.69) is 5.32 Å². The van der Waals surface area contributed by atoms with Crippen molar-refractivity contribution in [2.24, 2.45) is 5.92 Å². The topological polar surface area (TPSA) is 69.6 Å². The minimum atomic E-state index is -0.163. The van der Waals surface area contributed by atoms with Gasteiger partial charge < -0.3 is 15.3 Å². The van der Waals surface area contributed by atoms with Gasteiger partial charge in [-0.3, -0.25) is 9.59 Å². The monoisotopic (exact) mass is 304 g/mol. The largest absolute Gasteiger partial charge is 0.507 e. The molecule has 0 aromatic heterocycles. The SMILES string of the molecule is Cc1ccc(O)c(C(=O)N2CCC(C(=O)NC(C)C)CC2)c1. The van der Waals surface area contributed by atoms with E-state index in [0.717, 1.165) is 5.56 Å². The van der Waals surface area contributed by atoms with Crippen LogP contribution in [-0.4, -0.2) is 41.0 Å². The Balaban J connectivity index is 1.98. The van der Waals surface area contributed by atoms with Crippen LogP contribution in [0.15, 0.2) is 18.2 Å². The van der Waals surface area contributed by atoms with Crippen LogP contribution in [0.2, 0.25) is 0 Å². The summed E-state index contributed by atoms with van der Waals surface area (Å²) in [7, 11) is 0. The number of likely N-dealkylation sites (tertiary alicyclic amines) is 1. The lowest BCUT2D eigenvalue weighted by Gasteiger charge is -2.32. The second-order valence-electron chi connectivity index (χ2n) is 6.25. The molecule has 2 N–H and O–H groups in total. The van der Waals surface area contributed by atoms with Crippen LogP contribution in [0.5, 0.6) is 5.75 Å². The van der Waals surface area contributed by atoms with Crippen LogP contribution in [0.3, 0.4) is 0 Å². The molecule has 1 aromatic rings. The number of aryl methyl sites for hydroxylation is 1. The number of benzene rings is 1. The van der Waals surface area contributed by atoms with Crippen LogP contribution in [0, 0.1) is 12.8 Å². The summed E-state index contributed by atoms with van der Waals surface area (Å²) < 4.78 is 0. The first-order valence-electron chi connectivity index (χ1n) is 7.77. The van der Waals surface area contributed by atoms with Crippen molar-refractivity contribution in [3.05, 3.63) is 29.3 Å². The van der Waals surface area contributed by atoms with Crippen molar-refractivity contribution < 1.29 is 14.7 Å². The van der Waals surface area contributed by atoms with Crippen LogP contribution in [0.25, 0.3) is 0 Å². The molecule has 1 heterocycles. The lowest BCUT2D eigenvalue weighted by atomic mass is 9.95. The van der Waals surface area contributed by atoms with Gasteiger partial charge in [-0.15, -0.1) is 0 Å². The van der Waals surface area contributed by atoms with Gasteiger partial charge in [0.05, 0.1) is 5.56 Å². The summed E-state index contributed by atoms with van der Waals surface area (Å²) in [6.45, 7) is 6.86. The van der Waals surface area contributed by atoms with Crippen molar-refractivity contribution >= 4 is 11.8 Å². The molecule has 2 amide bonds. The first kappa shape index (κ1) is 16.3. The van der Waals surface area contributed by atoms with E-state index < -0.39 is 0 Å². The number of hydrogen-bond donors (Lipinski definition) is 2. The minimum Gasteiger partial charge on any atom is -0.507 e. The van der Waals surface area contributed by atoms with Gasteiger partial charge in [0.2, 0.25) is 5.91 Å². The Morgan fingerprint density at radius 1 is 1.27 bits per heavy atom. The van der Waals surface area contributed by atoms with Crippen LogP contribution < -0.4 is 5.32 Å². The molecule has 1 saturated heterocycles. The smallest absolute Gasteiger partial charge is 0.257 e. The molecule has 1 fully saturated rings. The molecule has 5 nitrogen and oxygen atoms in total. The molecule has 1 aliphatic heterocycles. The number of piperidine rings is 1. The number of amides is 2. The first-order chi connectivity index (χ1) is 10.4. The highest BCUT2D eigenvalue weighted by Crippen LogP contribution is 2.24. The van der Waals surface area contributed by atoms with Crippen molar-refractivity contribution in [1.82, 2.24) is 10.2 Å². The molecule has 0 spiro atoms. The Kier molecular flexibility index (Phi) is 5.06. The Morgan fingerprint density at radius 3 is 2.50 bits per heavy atom. The first-order valence-corrected chi connectivity index (χ1v) is 7.77. The maximum absolute atomic E-state index is 12.5. The third-order valence-corrected chi connectivity index (χ3v) is 3.97. The molecular weight excluding hydrogens is 280 g/mol. The molecule has 2 rings (SSSR count). The lowest BCUT2D eigenvalue weighted by molar-refractivity contribution is -0.126. The van der Waals surface area contributed by atoms with E-state index in [-0.39, 0.29) is 29.5 Å². The zero-order valence-electron chi connectivity index (χ0n) is 13.4. The standard InChI is InChI=1S/C17H24N2O3/c1-11(2)18-16(21)13-6-8-19(9-7-13)17(22)14-10-12(3)4-5-15(14)20/h4-5,10-11,13,20H,6-9H2,1-3H3,(H,18,21). The summed E-state index contributed by atoms with van der Waals surface area (Å²) in [5, 5.41) is 12.8. The van der Waals surface area contributed by atoms with Gasteiger partial charge >= 0.3 is 0 Å². The molecule has 0 radical (unpaired) electrons. The fourth-order valence-corrected chi connectivity index (χ4v) is 2.74. The Labute approximate surface area is 131 Å². The Morgan fingerprint density at radius 2 is 1.91 bits per heavy atom. The summed E-state index contributed by atoms with van der Waals surface area (Å²) in [4.78, 5) is 26.2. The molecule has 0 bridgehead atoms. The van der Waals surface area contributed by atoms with E-state index in [1.807, 2.05) is 20.8 Å².